The number of hydrogen-bond acceptors (Lipinski definition) is 4. The van der Waals surface area contributed by atoms with Crippen LogP contribution in [0.3, 0.4) is 0 Å². The monoisotopic (exact) mass is 503 g/mol. The average Bonchev–Trinajstić information content (AvgIpc) is 2.51. The molecule has 0 saturated carbocycles. The standard InChI is InChI=1S/C9H6F13NO4S2/c1-2-28(24,25)3-23-29(26,27)9(21,22)7(16,17)5(12,13)4(10,11)6(14,15)8(18,19)20/h2,23H,1,3H2. The molecule has 29 heavy (non-hydrogen) atoms. The SMILES string of the molecule is C=CS(=O)(=O)CNS(=O)(=O)C(F)(F)C(F)(F)C(F)(F)C(F)(F)C(F)(F)C(F)(F)F. The lowest BCUT2D eigenvalue weighted by atomic mass is 9.98. The fourth-order valence-electron chi connectivity index (χ4n) is 1.23. The van der Waals surface area contributed by atoms with Gasteiger partial charge in [0.15, 0.2) is 9.84 Å². The second-order valence-corrected chi connectivity index (χ2v) is 8.69. The van der Waals surface area contributed by atoms with Gasteiger partial charge in [0, 0.05) is 5.41 Å². The number of hydrogen-bond donors (Lipinski definition) is 1. The summed E-state index contributed by atoms with van der Waals surface area (Å²) in [5.74, 6) is -35.0. The quantitative estimate of drug-likeness (QED) is 0.491. The van der Waals surface area contributed by atoms with Crippen LogP contribution in [-0.2, 0) is 19.9 Å². The van der Waals surface area contributed by atoms with Crippen molar-refractivity contribution in [1.29, 1.82) is 0 Å². The van der Waals surface area contributed by atoms with Gasteiger partial charge in [-0.25, -0.2) is 16.8 Å². The maximum atomic E-state index is 13.4. The van der Waals surface area contributed by atoms with Gasteiger partial charge in [0.1, 0.15) is 5.88 Å². The van der Waals surface area contributed by atoms with E-state index < -0.39 is 60.9 Å². The summed E-state index contributed by atoms with van der Waals surface area (Å²) in [4.78, 5) is 0. The number of rotatable bonds is 9. The molecule has 0 saturated heterocycles. The molecule has 0 radical (unpaired) electrons. The minimum Gasteiger partial charge on any atom is -0.223 e. The van der Waals surface area contributed by atoms with E-state index >= 15 is 0 Å². The van der Waals surface area contributed by atoms with Crippen LogP contribution in [0.15, 0.2) is 12.0 Å². The van der Waals surface area contributed by atoms with Crippen molar-refractivity contribution in [3.05, 3.63) is 12.0 Å². The van der Waals surface area contributed by atoms with Crippen molar-refractivity contribution in [3.63, 3.8) is 0 Å². The molecule has 0 aliphatic heterocycles. The highest BCUT2D eigenvalue weighted by Gasteiger charge is 2.92. The fourth-order valence-corrected chi connectivity index (χ4v) is 3.28. The minimum absolute atomic E-state index is 0.0842. The molecule has 5 nitrogen and oxygen atoms in total. The van der Waals surface area contributed by atoms with Crippen LogP contribution in [0.2, 0.25) is 0 Å². The molecule has 0 amide bonds. The molecule has 0 bridgehead atoms. The first-order valence-corrected chi connectivity index (χ1v) is 9.27. The maximum Gasteiger partial charge on any atom is 0.460 e. The third kappa shape index (κ3) is 4.14. The summed E-state index contributed by atoms with van der Waals surface area (Å²) in [6.07, 6.45) is -7.65. The molecule has 0 aromatic heterocycles. The summed E-state index contributed by atoms with van der Waals surface area (Å²) < 4.78 is 210. The van der Waals surface area contributed by atoms with Gasteiger partial charge in [-0.15, -0.1) is 0 Å². The van der Waals surface area contributed by atoms with Gasteiger partial charge in [-0.2, -0.15) is 61.8 Å². The Bertz CT molecular complexity index is 844. The van der Waals surface area contributed by atoms with E-state index in [0.717, 1.165) is 0 Å². The second-order valence-electron chi connectivity index (χ2n) is 4.93. The Morgan fingerprint density at radius 3 is 1.31 bits per heavy atom. The zero-order chi connectivity index (χ0) is 24.1. The van der Waals surface area contributed by atoms with E-state index in [1.54, 1.807) is 0 Å². The molecule has 0 aliphatic carbocycles. The van der Waals surface area contributed by atoms with Crippen LogP contribution >= 0.6 is 0 Å². The third-order valence-corrected chi connectivity index (χ3v) is 5.64. The Balaban J connectivity index is 6.47. The van der Waals surface area contributed by atoms with Crippen LogP contribution in [0, 0.1) is 0 Å². The lowest BCUT2D eigenvalue weighted by Gasteiger charge is -2.39. The average molecular weight is 503 g/mol. The first-order chi connectivity index (χ1) is 12.3. The molecule has 20 heteroatoms. The number of alkyl halides is 13. The van der Waals surface area contributed by atoms with Gasteiger partial charge in [0.2, 0.25) is 0 Å². The van der Waals surface area contributed by atoms with E-state index in [-0.39, 0.29) is 10.1 Å². The summed E-state index contributed by atoms with van der Waals surface area (Å²) >= 11 is 0. The Morgan fingerprint density at radius 1 is 0.655 bits per heavy atom. The van der Waals surface area contributed by atoms with Gasteiger partial charge < -0.3 is 0 Å². The van der Waals surface area contributed by atoms with E-state index in [9.17, 15) is 73.9 Å². The molecule has 174 valence electrons. The fraction of sp³-hybridized carbons (Fsp3) is 0.778. The Hall–Kier alpha value is -1.31. The van der Waals surface area contributed by atoms with Crippen molar-refractivity contribution < 1.29 is 73.9 Å². The molecule has 0 unspecified atom stereocenters. The molecule has 0 aliphatic rings. The van der Waals surface area contributed by atoms with Crippen LogP contribution in [0.1, 0.15) is 0 Å². The van der Waals surface area contributed by atoms with Gasteiger partial charge in [0.25, 0.3) is 10.0 Å². The predicted molar refractivity (Wildman–Crippen MR) is 66.8 cm³/mol. The summed E-state index contributed by atoms with van der Waals surface area (Å²) in [5, 5.41) is -7.66. The van der Waals surface area contributed by atoms with Crippen molar-refractivity contribution in [2.24, 2.45) is 0 Å². The molecule has 0 spiro atoms. The van der Waals surface area contributed by atoms with E-state index in [2.05, 4.69) is 6.58 Å². The number of sulfone groups is 1. The van der Waals surface area contributed by atoms with Gasteiger partial charge in [-0.05, 0) is 0 Å². The van der Waals surface area contributed by atoms with E-state index in [1.165, 1.54) is 0 Å². The number of halogens is 13. The lowest BCUT2D eigenvalue weighted by molar-refractivity contribution is -0.433. The van der Waals surface area contributed by atoms with E-state index in [4.69, 9.17) is 0 Å². The minimum atomic E-state index is -8.32. The first-order valence-electron chi connectivity index (χ1n) is 6.07. The Morgan fingerprint density at radius 2 is 1.00 bits per heavy atom. The highest BCUT2D eigenvalue weighted by molar-refractivity contribution is 7.96. The highest BCUT2D eigenvalue weighted by atomic mass is 32.2. The second kappa shape index (κ2) is 7.13. The topological polar surface area (TPSA) is 80.3 Å². The smallest absolute Gasteiger partial charge is 0.223 e. The molecule has 0 heterocycles. The van der Waals surface area contributed by atoms with Gasteiger partial charge >= 0.3 is 35.1 Å². The van der Waals surface area contributed by atoms with E-state index in [1.807, 2.05) is 0 Å². The lowest BCUT2D eigenvalue weighted by Crippen LogP contribution is -2.71. The number of nitrogens with one attached hydrogen (secondary N) is 1. The number of sulfonamides is 1. The van der Waals surface area contributed by atoms with Gasteiger partial charge in [-0.1, -0.05) is 6.58 Å². The Labute approximate surface area is 152 Å². The molecular weight excluding hydrogens is 497 g/mol. The van der Waals surface area contributed by atoms with Gasteiger partial charge in [-0.3, -0.25) is 0 Å². The van der Waals surface area contributed by atoms with Crippen molar-refractivity contribution in [1.82, 2.24) is 4.72 Å². The summed E-state index contributed by atoms with van der Waals surface area (Å²) in [5.41, 5.74) is 0. The van der Waals surface area contributed by atoms with Gasteiger partial charge in [0.05, 0.1) is 0 Å². The summed E-state index contributed by atoms with van der Waals surface area (Å²) in [6, 6.07) is 0. The van der Waals surface area contributed by atoms with Crippen molar-refractivity contribution >= 4 is 19.9 Å². The molecular formula is C9H6F13NO4S2. The zero-order valence-corrected chi connectivity index (χ0v) is 14.5. The molecule has 0 aromatic rings. The van der Waals surface area contributed by atoms with Crippen LogP contribution in [0.5, 0.6) is 0 Å². The molecule has 0 fully saturated rings. The van der Waals surface area contributed by atoms with Crippen LogP contribution in [0.4, 0.5) is 57.1 Å². The van der Waals surface area contributed by atoms with Crippen molar-refractivity contribution in [2.75, 3.05) is 5.88 Å². The Kier molecular flexibility index (Phi) is 6.81. The van der Waals surface area contributed by atoms with E-state index in [0.29, 0.717) is 0 Å². The zero-order valence-electron chi connectivity index (χ0n) is 12.9. The summed E-state index contributed by atoms with van der Waals surface area (Å²) in [7, 11) is -12.3. The van der Waals surface area contributed by atoms with Crippen molar-refractivity contribution in [3.8, 4) is 0 Å². The predicted octanol–water partition coefficient (Wildman–Crippen LogP) is 3.12. The highest BCUT2D eigenvalue weighted by Crippen LogP contribution is 2.60. The maximum absolute atomic E-state index is 13.4. The molecule has 0 aromatic carbocycles. The molecule has 0 atom stereocenters. The van der Waals surface area contributed by atoms with Crippen LogP contribution in [-0.4, -0.2) is 57.8 Å². The molecule has 1 N–H and O–H groups in total. The largest absolute Gasteiger partial charge is 0.460 e. The third-order valence-electron chi connectivity index (χ3n) is 2.95. The van der Waals surface area contributed by atoms with Crippen LogP contribution in [0.25, 0.3) is 0 Å². The van der Waals surface area contributed by atoms with Crippen LogP contribution < -0.4 is 4.72 Å². The first kappa shape index (κ1) is 27.7. The normalized spacial score (nSPS) is 16.0. The van der Waals surface area contributed by atoms with Crippen molar-refractivity contribution in [2.45, 2.75) is 35.1 Å². The summed E-state index contributed by atoms with van der Waals surface area (Å²) in [6.45, 7) is 2.50. The molecule has 0 rings (SSSR count).